The van der Waals surface area contributed by atoms with E-state index in [2.05, 4.69) is 20.9 Å². The molecule has 2 aromatic rings. The molecule has 1 aromatic carbocycles. The van der Waals surface area contributed by atoms with E-state index in [0.29, 0.717) is 10.0 Å². The molecule has 1 aromatic heterocycles. The maximum atomic E-state index is 13.2. The van der Waals surface area contributed by atoms with Gasteiger partial charge in [0.1, 0.15) is 18.0 Å². The number of benzene rings is 1. The summed E-state index contributed by atoms with van der Waals surface area (Å²) in [6.45, 7) is 0.286. The second-order valence-corrected chi connectivity index (χ2v) is 4.49. The van der Waals surface area contributed by atoms with Crippen LogP contribution in [0.4, 0.5) is 4.39 Å². The molecule has 18 heavy (non-hydrogen) atoms. The molecule has 0 unspecified atom stereocenters. The largest absolute Gasteiger partial charge is 0.317 e. The number of hydrogen-bond acceptors (Lipinski definition) is 3. The Hall–Kier alpha value is -2.18. The third-order valence-corrected chi connectivity index (χ3v) is 2.78. The van der Waals surface area contributed by atoms with Crippen LogP contribution in [0.1, 0.15) is 17.0 Å². The van der Waals surface area contributed by atoms with Crippen molar-refractivity contribution in [3.63, 3.8) is 0 Å². The van der Waals surface area contributed by atoms with Gasteiger partial charge in [-0.3, -0.25) is 0 Å². The number of aromatic nitrogens is 2. The van der Waals surface area contributed by atoms with E-state index in [9.17, 15) is 4.39 Å². The Bertz CT molecular complexity index is 658. The zero-order valence-corrected chi connectivity index (χ0v) is 10.6. The van der Waals surface area contributed by atoms with Gasteiger partial charge in [-0.15, -0.1) is 0 Å². The normalized spacial score (nSPS) is 9.78. The van der Waals surface area contributed by atoms with Crippen molar-refractivity contribution in [2.75, 3.05) is 0 Å². The number of imidazole rings is 1. The second-order valence-electron chi connectivity index (χ2n) is 3.57. The third-order valence-electron chi connectivity index (χ3n) is 2.32. The lowest BCUT2D eigenvalue weighted by atomic mass is 10.2. The summed E-state index contributed by atoms with van der Waals surface area (Å²) in [6.07, 6.45) is 1.40. The number of nitriles is 2. The van der Waals surface area contributed by atoms with Gasteiger partial charge in [0.25, 0.3) is 0 Å². The standard InChI is InChI=1S/C12H6BrFN4/c13-9-1-8(2-10(14)3-9)6-18-7-17-11(4-15)12(18)5-16/h1-3,7H,6H2. The Labute approximate surface area is 111 Å². The summed E-state index contributed by atoms with van der Waals surface area (Å²) >= 11 is 3.20. The Morgan fingerprint density at radius 2 is 2.06 bits per heavy atom. The zero-order chi connectivity index (χ0) is 13.1. The van der Waals surface area contributed by atoms with Crippen LogP contribution in [-0.4, -0.2) is 9.55 Å². The quantitative estimate of drug-likeness (QED) is 0.856. The van der Waals surface area contributed by atoms with E-state index in [1.807, 2.05) is 12.1 Å². The molecular formula is C12H6BrFN4. The third kappa shape index (κ3) is 2.39. The average Bonchev–Trinajstić information content (AvgIpc) is 2.69. The van der Waals surface area contributed by atoms with Gasteiger partial charge in [-0.2, -0.15) is 10.5 Å². The molecule has 0 saturated carbocycles. The van der Waals surface area contributed by atoms with E-state index in [1.54, 1.807) is 6.07 Å². The Balaban J connectivity index is 2.38. The minimum atomic E-state index is -0.362. The van der Waals surface area contributed by atoms with Crippen molar-refractivity contribution in [1.82, 2.24) is 9.55 Å². The monoisotopic (exact) mass is 304 g/mol. The van der Waals surface area contributed by atoms with E-state index in [1.165, 1.54) is 23.0 Å². The fraction of sp³-hybridized carbons (Fsp3) is 0.0833. The lowest BCUT2D eigenvalue weighted by Gasteiger charge is -2.05. The molecule has 0 aliphatic heterocycles. The summed E-state index contributed by atoms with van der Waals surface area (Å²) in [5.74, 6) is -0.362. The smallest absolute Gasteiger partial charge is 0.176 e. The fourth-order valence-electron chi connectivity index (χ4n) is 1.60. The molecule has 0 fully saturated rings. The number of rotatable bonds is 2. The van der Waals surface area contributed by atoms with Crippen LogP contribution in [0, 0.1) is 28.5 Å². The van der Waals surface area contributed by atoms with E-state index in [0.717, 1.165) is 0 Å². The molecule has 1 heterocycles. The van der Waals surface area contributed by atoms with Crippen molar-refractivity contribution in [3.8, 4) is 12.1 Å². The van der Waals surface area contributed by atoms with Crippen LogP contribution in [0.3, 0.4) is 0 Å². The summed E-state index contributed by atoms with van der Waals surface area (Å²) < 4.78 is 15.3. The Morgan fingerprint density at radius 3 is 2.67 bits per heavy atom. The zero-order valence-electron chi connectivity index (χ0n) is 9.06. The molecule has 0 aliphatic carbocycles. The molecule has 0 spiro atoms. The molecule has 0 N–H and O–H groups in total. The van der Waals surface area contributed by atoms with Gasteiger partial charge < -0.3 is 4.57 Å². The molecule has 0 aliphatic rings. The maximum Gasteiger partial charge on any atom is 0.176 e. The first-order valence-corrected chi connectivity index (χ1v) is 5.73. The van der Waals surface area contributed by atoms with E-state index in [-0.39, 0.29) is 23.7 Å². The molecule has 0 atom stereocenters. The van der Waals surface area contributed by atoms with Crippen LogP contribution >= 0.6 is 15.9 Å². The highest BCUT2D eigenvalue weighted by molar-refractivity contribution is 9.10. The highest BCUT2D eigenvalue weighted by atomic mass is 79.9. The van der Waals surface area contributed by atoms with Gasteiger partial charge in [0.2, 0.25) is 0 Å². The number of nitrogens with zero attached hydrogens (tertiary/aromatic N) is 4. The van der Waals surface area contributed by atoms with Gasteiger partial charge in [-0.1, -0.05) is 15.9 Å². The summed E-state index contributed by atoms with van der Waals surface area (Å²) in [5.41, 5.74) is 0.936. The molecule has 6 heteroatoms. The van der Waals surface area contributed by atoms with Gasteiger partial charge in [-0.25, -0.2) is 9.37 Å². The van der Waals surface area contributed by atoms with Gasteiger partial charge in [-0.05, 0) is 23.8 Å². The molecule has 0 saturated heterocycles. The summed E-state index contributed by atoms with van der Waals surface area (Å²) in [4.78, 5) is 3.82. The van der Waals surface area contributed by atoms with Crippen LogP contribution < -0.4 is 0 Å². The van der Waals surface area contributed by atoms with Gasteiger partial charge in [0, 0.05) is 11.0 Å². The predicted octanol–water partition coefficient (Wildman–Crippen LogP) is 2.58. The van der Waals surface area contributed by atoms with Crippen molar-refractivity contribution in [1.29, 1.82) is 10.5 Å². The van der Waals surface area contributed by atoms with Crippen molar-refractivity contribution in [2.45, 2.75) is 6.54 Å². The first-order chi connectivity index (χ1) is 8.63. The molecular weight excluding hydrogens is 299 g/mol. The Morgan fingerprint density at radius 1 is 1.28 bits per heavy atom. The highest BCUT2D eigenvalue weighted by Gasteiger charge is 2.10. The molecule has 88 valence electrons. The van der Waals surface area contributed by atoms with Crippen molar-refractivity contribution < 1.29 is 4.39 Å². The van der Waals surface area contributed by atoms with Gasteiger partial charge in [0.05, 0.1) is 6.33 Å². The van der Waals surface area contributed by atoms with Crippen molar-refractivity contribution in [2.24, 2.45) is 0 Å². The first kappa shape index (κ1) is 12.3. The first-order valence-electron chi connectivity index (χ1n) is 4.94. The second kappa shape index (κ2) is 4.99. The average molecular weight is 305 g/mol. The van der Waals surface area contributed by atoms with Crippen LogP contribution in [-0.2, 0) is 6.54 Å². The molecule has 2 rings (SSSR count). The van der Waals surface area contributed by atoms with E-state index >= 15 is 0 Å². The van der Waals surface area contributed by atoms with Crippen LogP contribution in [0.25, 0.3) is 0 Å². The summed E-state index contributed by atoms with van der Waals surface area (Å²) in [6, 6.07) is 8.22. The van der Waals surface area contributed by atoms with E-state index in [4.69, 9.17) is 10.5 Å². The summed E-state index contributed by atoms with van der Waals surface area (Å²) in [7, 11) is 0. The maximum absolute atomic E-state index is 13.2. The number of hydrogen-bond donors (Lipinski definition) is 0. The fourth-order valence-corrected chi connectivity index (χ4v) is 2.11. The lowest BCUT2D eigenvalue weighted by molar-refractivity contribution is 0.622. The van der Waals surface area contributed by atoms with Crippen LogP contribution in [0.2, 0.25) is 0 Å². The predicted molar refractivity (Wildman–Crippen MR) is 64.9 cm³/mol. The molecule has 0 bridgehead atoms. The van der Waals surface area contributed by atoms with Gasteiger partial charge >= 0.3 is 0 Å². The Kier molecular flexibility index (Phi) is 3.40. The molecule has 0 radical (unpaired) electrons. The SMILES string of the molecule is N#Cc1ncn(Cc2cc(F)cc(Br)c2)c1C#N. The molecule has 4 nitrogen and oxygen atoms in total. The lowest BCUT2D eigenvalue weighted by Crippen LogP contribution is -2.02. The highest BCUT2D eigenvalue weighted by Crippen LogP contribution is 2.17. The van der Waals surface area contributed by atoms with Crippen LogP contribution in [0.5, 0.6) is 0 Å². The van der Waals surface area contributed by atoms with Gasteiger partial charge in [0.15, 0.2) is 11.4 Å². The van der Waals surface area contributed by atoms with E-state index < -0.39 is 0 Å². The topological polar surface area (TPSA) is 65.4 Å². The number of halogens is 2. The minimum absolute atomic E-state index is 0.0768. The minimum Gasteiger partial charge on any atom is -0.317 e. The van der Waals surface area contributed by atoms with Crippen LogP contribution in [0.15, 0.2) is 29.0 Å². The molecule has 0 amide bonds. The van der Waals surface area contributed by atoms with Crippen molar-refractivity contribution in [3.05, 3.63) is 51.8 Å². The van der Waals surface area contributed by atoms with Crippen molar-refractivity contribution >= 4 is 15.9 Å². The summed E-state index contributed by atoms with van der Waals surface area (Å²) in [5, 5.41) is 17.7.